The molecule has 2 rings (SSSR count). The van der Waals surface area contributed by atoms with Gasteiger partial charge in [0, 0.05) is 13.6 Å². The number of benzene rings is 1. The van der Waals surface area contributed by atoms with E-state index in [0.29, 0.717) is 16.7 Å². The predicted octanol–water partition coefficient (Wildman–Crippen LogP) is 1.86. The molecule has 0 aliphatic rings. The Bertz CT molecular complexity index is 567. The fraction of sp³-hybridized carbons (Fsp3) is 0.308. The summed E-state index contributed by atoms with van der Waals surface area (Å²) in [5.41, 5.74) is 2.49. The van der Waals surface area contributed by atoms with Gasteiger partial charge in [0.05, 0.1) is 0 Å². The average Bonchev–Trinajstić information content (AvgIpc) is 2.90. The van der Waals surface area contributed by atoms with Crippen LogP contribution in [0.2, 0.25) is 0 Å². The topological polar surface area (TPSA) is 66.9 Å². The molecule has 1 aromatic carbocycles. The number of aryl methyl sites for hydroxylation is 1. The van der Waals surface area contributed by atoms with E-state index in [1.165, 1.54) is 22.5 Å². The minimum Gasteiger partial charge on any atom is -0.363 e. The smallest absolute Gasteiger partial charge is 0.282 e. The molecule has 0 unspecified atom stereocenters. The zero-order chi connectivity index (χ0) is 13.7. The maximum absolute atomic E-state index is 11.8. The monoisotopic (exact) mass is 276 g/mol. The number of hydrogen-bond donors (Lipinski definition) is 2. The summed E-state index contributed by atoms with van der Waals surface area (Å²) in [7, 11) is 1.75. The molecule has 0 saturated heterocycles. The second-order valence-corrected chi connectivity index (χ2v) is 5.07. The van der Waals surface area contributed by atoms with Gasteiger partial charge in [-0.3, -0.25) is 4.79 Å². The number of carbonyl (C=O) groups is 1. The van der Waals surface area contributed by atoms with Crippen LogP contribution >= 0.6 is 11.3 Å². The predicted molar refractivity (Wildman–Crippen MR) is 76.7 cm³/mol. The molecule has 0 atom stereocenters. The molecule has 0 radical (unpaired) electrons. The van der Waals surface area contributed by atoms with Gasteiger partial charge in [-0.25, -0.2) is 0 Å². The lowest BCUT2D eigenvalue weighted by Crippen LogP contribution is -2.25. The molecular formula is C13H16N4OS. The highest BCUT2D eigenvalue weighted by atomic mass is 32.1. The minimum atomic E-state index is -0.174. The lowest BCUT2D eigenvalue weighted by atomic mass is 10.1. The zero-order valence-electron chi connectivity index (χ0n) is 10.9. The van der Waals surface area contributed by atoms with Crippen LogP contribution in [0.4, 0.5) is 5.13 Å². The van der Waals surface area contributed by atoms with Crippen molar-refractivity contribution in [3.63, 3.8) is 0 Å². The Labute approximate surface area is 116 Å². The highest BCUT2D eigenvalue weighted by Crippen LogP contribution is 2.13. The van der Waals surface area contributed by atoms with Crippen molar-refractivity contribution in [1.29, 1.82) is 0 Å². The summed E-state index contributed by atoms with van der Waals surface area (Å²) < 4.78 is 0. The quantitative estimate of drug-likeness (QED) is 0.874. The molecule has 5 nitrogen and oxygen atoms in total. The van der Waals surface area contributed by atoms with E-state index in [1.807, 2.05) is 12.1 Å². The van der Waals surface area contributed by atoms with Crippen LogP contribution in [0.5, 0.6) is 0 Å². The van der Waals surface area contributed by atoms with Gasteiger partial charge in [0.1, 0.15) is 0 Å². The fourth-order valence-corrected chi connectivity index (χ4v) is 2.31. The standard InChI is InChI=1S/C13H16N4OS/c1-9-5-3-4-6-10(9)7-8-15-11(18)12-16-17-13(14-2)19-12/h3-6H,7-8H2,1-2H3,(H,14,17)(H,15,18). The highest BCUT2D eigenvalue weighted by molar-refractivity contribution is 7.17. The molecule has 0 spiro atoms. The van der Waals surface area contributed by atoms with Crippen LogP contribution in [-0.4, -0.2) is 29.7 Å². The van der Waals surface area contributed by atoms with Crippen LogP contribution in [-0.2, 0) is 6.42 Å². The van der Waals surface area contributed by atoms with E-state index < -0.39 is 0 Å². The number of aromatic nitrogens is 2. The van der Waals surface area contributed by atoms with E-state index >= 15 is 0 Å². The number of rotatable bonds is 5. The molecule has 6 heteroatoms. The first-order valence-electron chi connectivity index (χ1n) is 6.04. The molecule has 1 heterocycles. The Morgan fingerprint density at radius 3 is 2.79 bits per heavy atom. The maximum Gasteiger partial charge on any atom is 0.282 e. The summed E-state index contributed by atoms with van der Waals surface area (Å²) in [5.74, 6) is -0.174. The number of hydrogen-bond acceptors (Lipinski definition) is 5. The normalized spacial score (nSPS) is 10.2. The third kappa shape index (κ3) is 3.51. The maximum atomic E-state index is 11.8. The third-order valence-electron chi connectivity index (χ3n) is 2.77. The number of carbonyl (C=O) groups excluding carboxylic acids is 1. The van der Waals surface area contributed by atoms with Gasteiger partial charge in [0.25, 0.3) is 5.91 Å². The summed E-state index contributed by atoms with van der Waals surface area (Å²) in [6.45, 7) is 2.67. The first-order chi connectivity index (χ1) is 9.20. The van der Waals surface area contributed by atoms with Crippen LogP contribution in [0.25, 0.3) is 0 Å². The van der Waals surface area contributed by atoms with Crippen molar-refractivity contribution in [2.75, 3.05) is 18.9 Å². The third-order valence-corrected chi connectivity index (χ3v) is 3.71. The summed E-state index contributed by atoms with van der Waals surface area (Å²) in [5, 5.41) is 14.4. The highest BCUT2D eigenvalue weighted by Gasteiger charge is 2.11. The average molecular weight is 276 g/mol. The molecule has 0 saturated carbocycles. The van der Waals surface area contributed by atoms with Crippen molar-refractivity contribution in [1.82, 2.24) is 15.5 Å². The van der Waals surface area contributed by atoms with Crippen LogP contribution in [0.1, 0.15) is 20.9 Å². The zero-order valence-corrected chi connectivity index (χ0v) is 11.8. The Hall–Kier alpha value is -1.95. The van der Waals surface area contributed by atoms with E-state index in [4.69, 9.17) is 0 Å². The second-order valence-electron chi connectivity index (χ2n) is 4.09. The van der Waals surface area contributed by atoms with E-state index in [0.717, 1.165) is 6.42 Å². The molecule has 19 heavy (non-hydrogen) atoms. The van der Waals surface area contributed by atoms with E-state index in [9.17, 15) is 4.79 Å². The van der Waals surface area contributed by atoms with Gasteiger partial charge in [0.2, 0.25) is 10.1 Å². The molecule has 0 aliphatic heterocycles. The summed E-state index contributed by atoms with van der Waals surface area (Å²) in [4.78, 5) is 11.8. The van der Waals surface area contributed by atoms with E-state index in [2.05, 4.69) is 39.9 Å². The number of nitrogens with zero attached hydrogens (tertiary/aromatic N) is 2. The number of nitrogens with one attached hydrogen (secondary N) is 2. The number of amides is 1. The molecule has 1 amide bonds. The van der Waals surface area contributed by atoms with E-state index in [1.54, 1.807) is 7.05 Å². The fourth-order valence-electron chi connectivity index (χ4n) is 1.69. The number of anilines is 1. The summed E-state index contributed by atoms with van der Waals surface area (Å²) in [6.07, 6.45) is 0.816. The van der Waals surface area contributed by atoms with Crippen LogP contribution < -0.4 is 10.6 Å². The second kappa shape index (κ2) is 6.29. The molecule has 0 fully saturated rings. The van der Waals surface area contributed by atoms with Crippen molar-refractivity contribution >= 4 is 22.4 Å². The minimum absolute atomic E-state index is 0.174. The molecule has 100 valence electrons. The van der Waals surface area contributed by atoms with Gasteiger partial charge in [-0.1, -0.05) is 35.6 Å². The lowest BCUT2D eigenvalue weighted by molar-refractivity contribution is 0.0953. The molecule has 2 N–H and O–H groups in total. The SMILES string of the molecule is CNc1nnc(C(=O)NCCc2ccccc2C)s1. The van der Waals surface area contributed by atoms with Gasteiger partial charge < -0.3 is 10.6 Å². The molecule has 0 aliphatic carbocycles. The van der Waals surface area contributed by atoms with Crippen LogP contribution in [0, 0.1) is 6.92 Å². The first-order valence-corrected chi connectivity index (χ1v) is 6.86. The van der Waals surface area contributed by atoms with Gasteiger partial charge in [-0.2, -0.15) is 0 Å². The van der Waals surface area contributed by atoms with Crippen molar-refractivity contribution in [2.45, 2.75) is 13.3 Å². The van der Waals surface area contributed by atoms with Crippen molar-refractivity contribution in [3.05, 3.63) is 40.4 Å². The lowest BCUT2D eigenvalue weighted by Gasteiger charge is -2.05. The Balaban J connectivity index is 1.86. The Kier molecular flexibility index (Phi) is 4.46. The van der Waals surface area contributed by atoms with Crippen molar-refractivity contribution < 1.29 is 4.79 Å². The Morgan fingerprint density at radius 1 is 1.32 bits per heavy atom. The van der Waals surface area contributed by atoms with Crippen LogP contribution in [0.3, 0.4) is 0 Å². The first kappa shape index (κ1) is 13.5. The summed E-state index contributed by atoms with van der Waals surface area (Å²) in [6, 6.07) is 8.17. The van der Waals surface area contributed by atoms with Gasteiger partial charge in [-0.15, -0.1) is 10.2 Å². The molecule has 0 bridgehead atoms. The largest absolute Gasteiger partial charge is 0.363 e. The van der Waals surface area contributed by atoms with Crippen molar-refractivity contribution in [3.8, 4) is 0 Å². The molecule has 2 aromatic rings. The molecule has 1 aromatic heterocycles. The van der Waals surface area contributed by atoms with Gasteiger partial charge >= 0.3 is 0 Å². The van der Waals surface area contributed by atoms with E-state index in [-0.39, 0.29) is 5.91 Å². The molecular weight excluding hydrogens is 260 g/mol. The van der Waals surface area contributed by atoms with Crippen molar-refractivity contribution in [2.24, 2.45) is 0 Å². The van der Waals surface area contributed by atoms with Crippen LogP contribution in [0.15, 0.2) is 24.3 Å². The Morgan fingerprint density at radius 2 is 2.11 bits per heavy atom. The summed E-state index contributed by atoms with van der Waals surface area (Å²) >= 11 is 1.25. The van der Waals surface area contributed by atoms with Gasteiger partial charge in [-0.05, 0) is 24.5 Å². The van der Waals surface area contributed by atoms with Gasteiger partial charge in [0.15, 0.2) is 0 Å².